The quantitative estimate of drug-likeness (QED) is 0.471. The largest absolute Gasteiger partial charge is 0.506 e. The van der Waals surface area contributed by atoms with Crippen LogP contribution in [0.1, 0.15) is 143 Å². The average molecular weight is 479 g/mol. The SMILES string of the molecule is CCCC1(C)CCCCCCCCCC(C)(CCC)S(=O)(=O)c2cc(C(C)(C)C)cc1c2O. The summed E-state index contributed by atoms with van der Waals surface area (Å²) < 4.78 is 27.7. The number of phenols is 1. The van der Waals surface area contributed by atoms with E-state index < -0.39 is 14.6 Å². The Labute approximate surface area is 204 Å². The highest BCUT2D eigenvalue weighted by atomic mass is 32.2. The molecule has 0 aromatic heterocycles. The van der Waals surface area contributed by atoms with Crippen molar-refractivity contribution in [2.45, 2.75) is 152 Å². The number of sulfone groups is 1. The molecule has 0 aliphatic carbocycles. The van der Waals surface area contributed by atoms with Crippen molar-refractivity contribution in [3.05, 3.63) is 23.3 Å². The summed E-state index contributed by atoms with van der Waals surface area (Å²) in [6, 6.07) is 3.89. The van der Waals surface area contributed by atoms with E-state index in [0.29, 0.717) is 12.8 Å². The summed E-state index contributed by atoms with van der Waals surface area (Å²) in [6.07, 6.45) is 13.0. The van der Waals surface area contributed by atoms with Crippen molar-refractivity contribution in [1.29, 1.82) is 0 Å². The molecule has 2 rings (SSSR count). The first-order chi connectivity index (χ1) is 15.3. The third-order valence-corrected chi connectivity index (χ3v) is 10.6. The second-order valence-electron chi connectivity index (χ2n) is 12.1. The number of benzene rings is 1. The van der Waals surface area contributed by atoms with Gasteiger partial charge in [-0.05, 0) is 55.1 Å². The molecule has 2 bridgehead atoms. The summed E-state index contributed by atoms with van der Waals surface area (Å²) in [7, 11) is -3.71. The van der Waals surface area contributed by atoms with Gasteiger partial charge in [-0.1, -0.05) is 105 Å². The van der Waals surface area contributed by atoms with E-state index in [1.807, 2.05) is 6.92 Å². The van der Waals surface area contributed by atoms with Gasteiger partial charge in [-0.25, -0.2) is 8.42 Å². The van der Waals surface area contributed by atoms with Crippen molar-refractivity contribution in [3.8, 4) is 5.75 Å². The molecule has 1 aromatic rings. The molecule has 1 aliphatic rings. The van der Waals surface area contributed by atoms with Crippen molar-refractivity contribution in [2.75, 3.05) is 0 Å². The summed E-state index contributed by atoms with van der Waals surface area (Å²) in [4.78, 5) is 0.165. The van der Waals surface area contributed by atoms with Crippen LogP contribution in [0.4, 0.5) is 0 Å². The van der Waals surface area contributed by atoms with E-state index in [1.54, 1.807) is 6.07 Å². The van der Waals surface area contributed by atoms with Gasteiger partial charge in [0, 0.05) is 5.56 Å². The standard InChI is InChI=1S/C29H50O3S/c1-8-17-28(6)19-15-13-11-10-12-14-16-20-29(7,18-9-2)33(31,32)25-22-23(27(3,4)5)21-24(28)26(25)30/h21-22,30H,8-20H2,1-7H3. The molecular formula is C29H50O3S. The van der Waals surface area contributed by atoms with E-state index in [0.717, 1.165) is 56.1 Å². The second kappa shape index (κ2) is 11.1. The average Bonchev–Trinajstić information content (AvgIpc) is 2.71. The summed E-state index contributed by atoms with van der Waals surface area (Å²) in [5.41, 5.74) is 1.40. The minimum Gasteiger partial charge on any atom is -0.506 e. The van der Waals surface area contributed by atoms with Gasteiger partial charge in [-0.2, -0.15) is 0 Å². The molecule has 1 aliphatic heterocycles. The van der Waals surface area contributed by atoms with Crippen molar-refractivity contribution in [2.24, 2.45) is 0 Å². The maximum Gasteiger partial charge on any atom is 0.187 e. The molecule has 0 saturated heterocycles. The summed E-state index contributed by atoms with van der Waals surface area (Å²) in [6.45, 7) is 14.8. The molecule has 0 amide bonds. The second-order valence-corrected chi connectivity index (χ2v) is 14.5. The van der Waals surface area contributed by atoms with Crippen LogP contribution in [0.3, 0.4) is 0 Å². The molecule has 0 spiro atoms. The fourth-order valence-electron chi connectivity index (χ4n) is 5.74. The van der Waals surface area contributed by atoms with Gasteiger partial charge in [0.05, 0.1) is 4.75 Å². The molecule has 3 nitrogen and oxygen atoms in total. The molecule has 190 valence electrons. The molecule has 4 heteroatoms. The topological polar surface area (TPSA) is 54.4 Å². The zero-order chi connectivity index (χ0) is 24.9. The first-order valence-corrected chi connectivity index (χ1v) is 14.9. The van der Waals surface area contributed by atoms with Crippen LogP contribution in [0.5, 0.6) is 5.75 Å². The number of hydrogen-bond donors (Lipinski definition) is 1. The smallest absolute Gasteiger partial charge is 0.187 e. The van der Waals surface area contributed by atoms with Crippen molar-refractivity contribution >= 4 is 9.84 Å². The van der Waals surface area contributed by atoms with Gasteiger partial charge in [0.1, 0.15) is 10.6 Å². The Balaban J connectivity index is 2.82. The molecule has 2 atom stereocenters. The van der Waals surface area contributed by atoms with E-state index >= 15 is 0 Å². The van der Waals surface area contributed by atoms with Crippen LogP contribution in [0.2, 0.25) is 0 Å². The van der Waals surface area contributed by atoms with Gasteiger partial charge in [0.2, 0.25) is 0 Å². The predicted molar refractivity (Wildman–Crippen MR) is 141 cm³/mol. The third kappa shape index (κ3) is 6.35. The Morgan fingerprint density at radius 1 is 0.848 bits per heavy atom. The van der Waals surface area contributed by atoms with E-state index in [9.17, 15) is 13.5 Å². The number of hydrogen-bond acceptors (Lipinski definition) is 3. The van der Waals surface area contributed by atoms with Crippen LogP contribution in [0.15, 0.2) is 17.0 Å². The van der Waals surface area contributed by atoms with Crippen molar-refractivity contribution in [3.63, 3.8) is 0 Å². The van der Waals surface area contributed by atoms with Gasteiger partial charge >= 0.3 is 0 Å². The minimum atomic E-state index is -3.71. The normalized spacial score (nSPS) is 27.5. The van der Waals surface area contributed by atoms with Gasteiger partial charge < -0.3 is 5.11 Å². The number of fused-ring (bicyclic) bond motifs is 2. The maximum atomic E-state index is 14.3. The minimum absolute atomic E-state index is 0.0103. The summed E-state index contributed by atoms with van der Waals surface area (Å²) >= 11 is 0. The Morgan fingerprint density at radius 3 is 1.88 bits per heavy atom. The fourth-order valence-corrected chi connectivity index (χ4v) is 7.80. The van der Waals surface area contributed by atoms with Gasteiger partial charge in [-0.15, -0.1) is 0 Å². The van der Waals surface area contributed by atoms with Crippen molar-refractivity contribution < 1.29 is 13.5 Å². The van der Waals surface area contributed by atoms with Gasteiger partial charge in [-0.3, -0.25) is 0 Å². The molecular weight excluding hydrogens is 428 g/mol. The number of aromatic hydroxyl groups is 1. The Hall–Kier alpha value is -1.03. The highest BCUT2D eigenvalue weighted by Crippen LogP contribution is 2.47. The van der Waals surface area contributed by atoms with Crippen LogP contribution in [-0.2, 0) is 20.7 Å². The lowest BCUT2D eigenvalue weighted by atomic mass is 9.72. The highest BCUT2D eigenvalue weighted by Gasteiger charge is 2.43. The first-order valence-electron chi connectivity index (χ1n) is 13.4. The summed E-state index contributed by atoms with van der Waals surface area (Å²) in [5, 5.41) is 11.6. The molecule has 33 heavy (non-hydrogen) atoms. The lowest BCUT2D eigenvalue weighted by Gasteiger charge is -2.35. The van der Waals surface area contributed by atoms with Gasteiger partial charge in [0.25, 0.3) is 0 Å². The zero-order valence-corrected chi connectivity index (χ0v) is 23.3. The lowest BCUT2D eigenvalue weighted by molar-refractivity contribution is 0.350. The van der Waals surface area contributed by atoms with E-state index in [1.165, 1.54) is 25.7 Å². The molecule has 1 N–H and O–H groups in total. The van der Waals surface area contributed by atoms with E-state index in [4.69, 9.17) is 0 Å². The molecule has 0 radical (unpaired) electrons. The Kier molecular flexibility index (Phi) is 9.52. The Morgan fingerprint density at radius 2 is 1.36 bits per heavy atom. The molecule has 1 heterocycles. The fraction of sp³-hybridized carbons (Fsp3) is 0.793. The van der Waals surface area contributed by atoms with Crippen molar-refractivity contribution in [1.82, 2.24) is 0 Å². The van der Waals surface area contributed by atoms with E-state index in [-0.39, 0.29) is 21.5 Å². The third-order valence-electron chi connectivity index (χ3n) is 8.04. The zero-order valence-electron chi connectivity index (χ0n) is 22.5. The Bertz CT molecular complexity index is 881. The maximum absolute atomic E-state index is 14.3. The molecule has 2 unspecified atom stereocenters. The van der Waals surface area contributed by atoms with Crippen LogP contribution < -0.4 is 0 Å². The number of rotatable bonds is 4. The van der Waals surface area contributed by atoms with E-state index in [2.05, 4.69) is 47.6 Å². The summed E-state index contributed by atoms with van der Waals surface area (Å²) in [5.74, 6) is 0.0103. The lowest BCUT2D eigenvalue weighted by Crippen LogP contribution is -2.36. The van der Waals surface area contributed by atoms with Crippen LogP contribution >= 0.6 is 0 Å². The van der Waals surface area contributed by atoms with Crippen LogP contribution in [-0.4, -0.2) is 18.3 Å². The van der Waals surface area contributed by atoms with Crippen LogP contribution in [0, 0.1) is 0 Å². The monoisotopic (exact) mass is 478 g/mol. The predicted octanol–water partition coefficient (Wildman–Crippen LogP) is 8.60. The molecule has 1 aromatic carbocycles. The molecule has 0 fully saturated rings. The molecule has 0 saturated carbocycles. The highest BCUT2D eigenvalue weighted by molar-refractivity contribution is 7.93. The van der Waals surface area contributed by atoms with Crippen LogP contribution in [0.25, 0.3) is 0 Å². The number of phenolic OH excluding ortho intramolecular Hbond substituents is 1. The van der Waals surface area contributed by atoms with Gasteiger partial charge in [0.15, 0.2) is 9.84 Å². The first kappa shape index (κ1) is 28.2.